The molecule has 0 bridgehead atoms. The largest absolute Gasteiger partial charge is 0.366 e. The van der Waals surface area contributed by atoms with Crippen LogP contribution in [0.4, 0.5) is 0 Å². The fourth-order valence-electron chi connectivity index (χ4n) is 2.37. The molecule has 0 aliphatic rings. The van der Waals surface area contributed by atoms with Crippen molar-refractivity contribution in [3.8, 4) is 0 Å². The van der Waals surface area contributed by atoms with Gasteiger partial charge in [0.05, 0.1) is 0 Å². The van der Waals surface area contributed by atoms with E-state index in [-0.39, 0.29) is 0 Å². The van der Waals surface area contributed by atoms with Gasteiger partial charge in [-0.25, -0.2) is 0 Å². The Balaban J connectivity index is 2.37. The van der Waals surface area contributed by atoms with E-state index in [0.29, 0.717) is 11.4 Å². The molecule has 0 atom stereocenters. The predicted octanol–water partition coefficient (Wildman–Crippen LogP) is 3.83. The molecule has 1 amide bonds. The fraction of sp³-hybridized carbons (Fsp3) is 0.0625. The van der Waals surface area contributed by atoms with E-state index in [4.69, 9.17) is 17.3 Å². The molecule has 2 N–H and O–H groups in total. The highest BCUT2D eigenvalue weighted by Gasteiger charge is 2.07. The van der Waals surface area contributed by atoms with E-state index in [1.165, 1.54) is 0 Å². The lowest BCUT2D eigenvalue weighted by molar-refractivity contribution is 0.100. The number of fused-ring (bicyclic) bond motifs is 2. The lowest BCUT2D eigenvalue weighted by Crippen LogP contribution is -2.11. The zero-order valence-electron chi connectivity index (χ0n) is 10.2. The summed E-state index contributed by atoms with van der Waals surface area (Å²) in [5.41, 5.74) is 7.05. The third-order valence-electron chi connectivity index (χ3n) is 3.32. The highest BCUT2D eigenvalue weighted by molar-refractivity contribution is 6.17. The Morgan fingerprint density at radius 3 is 2.58 bits per heavy atom. The number of hydrogen-bond donors (Lipinski definition) is 1. The van der Waals surface area contributed by atoms with Gasteiger partial charge in [0, 0.05) is 11.4 Å². The molecule has 0 unspecified atom stereocenters. The third kappa shape index (κ3) is 2.04. The number of rotatable bonds is 2. The SMILES string of the molecule is NC(=O)c1cccc2cc3cc(CCl)ccc3cc12. The van der Waals surface area contributed by atoms with Gasteiger partial charge < -0.3 is 5.73 Å². The molecule has 0 fully saturated rings. The zero-order valence-corrected chi connectivity index (χ0v) is 10.9. The number of carbonyl (C=O) groups is 1. The number of benzene rings is 3. The van der Waals surface area contributed by atoms with Gasteiger partial charge in [0.25, 0.3) is 0 Å². The van der Waals surface area contributed by atoms with Crippen LogP contribution in [0, 0.1) is 0 Å². The number of nitrogens with two attached hydrogens (primary N) is 1. The van der Waals surface area contributed by atoms with E-state index in [0.717, 1.165) is 27.1 Å². The van der Waals surface area contributed by atoms with Crippen molar-refractivity contribution in [1.82, 2.24) is 0 Å². The van der Waals surface area contributed by atoms with Gasteiger partial charge in [-0.05, 0) is 51.4 Å². The first-order chi connectivity index (χ1) is 9.19. The molecule has 0 spiro atoms. The smallest absolute Gasteiger partial charge is 0.249 e. The first kappa shape index (κ1) is 12.0. The van der Waals surface area contributed by atoms with E-state index in [2.05, 4.69) is 12.1 Å². The van der Waals surface area contributed by atoms with Crippen molar-refractivity contribution < 1.29 is 4.79 Å². The number of hydrogen-bond acceptors (Lipinski definition) is 1. The summed E-state index contributed by atoms with van der Waals surface area (Å²) in [6, 6.07) is 15.7. The third-order valence-corrected chi connectivity index (χ3v) is 3.63. The van der Waals surface area contributed by atoms with Crippen molar-refractivity contribution in [2.75, 3.05) is 0 Å². The second kappa shape index (κ2) is 4.56. The van der Waals surface area contributed by atoms with E-state index in [9.17, 15) is 4.79 Å². The van der Waals surface area contributed by atoms with Crippen LogP contribution in [0.3, 0.4) is 0 Å². The summed E-state index contributed by atoms with van der Waals surface area (Å²) in [7, 11) is 0. The molecule has 0 radical (unpaired) electrons. The summed E-state index contributed by atoms with van der Waals surface area (Å²) in [4.78, 5) is 11.5. The van der Waals surface area contributed by atoms with Crippen LogP contribution in [-0.2, 0) is 5.88 Å². The topological polar surface area (TPSA) is 43.1 Å². The maximum absolute atomic E-state index is 11.5. The molecule has 0 saturated carbocycles. The summed E-state index contributed by atoms with van der Waals surface area (Å²) in [5.74, 6) is 0.0947. The summed E-state index contributed by atoms with van der Waals surface area (Å²) < 4.78 is 0. The standard InChI is InChI=1S/C16H12ClNO/c17-9-10-4-5-11-8-15-12(7-13(11)6-10)2-1-3-14(15)16(18)19/h1-8H,9H2,(H2,18,19). The van der Waals surface area contributed by atoms with Crippen molar-refractivity contribution in [2.24, 2.45) is 5.73 Å². The molecule has 3 aromatic rings. The van der Waals surface area contributed by atoms with Gasteiger partial charge in [-0.2, -0.15) is 0 Å². The van der Waals surface area contributed by atoms with Crippen LogP contribution in [0.2, 0.25) is 0 Å². The molecule has 94 valence electrons. The van der Waals surface area contributed by atoms with Crippen molar-refractivity contribution >= 4 is 39.1 Å². The van der Waals surface area contributed by atoms with Crippen LogP contribution in [0.25, 0.3) is 21.5 Å². The van der Waals surface area contributed by atoms with Crippen molar-refractivity contribution in [3.05, 3.63) is 59.7 Å². The van der Waals surface area contributed by atoms with Crippen LogP contribution in [0.5, 0.6) is 0 Å². The van der Waals surface area contributed by atoms with Crippen LogP contribution < -0.4 is 5.73 Å². The highest BCUT2D eigenvalue weighted by atomic mass is 35.5. The van der Waals surface area contributed by atoms with Crippen molar-refractivity contribution in [2.45, 2.75) is 5.88 Å². The lowest BCUT2D eigenvalue weighted by atomic mass is 9.98. The molecular formula is C16H12ClNO. The minimum Gasteiger partial charge on any atom is -0.366 e. The number of alkyl halides is 1. The maximum atomic E-state index is 11.5. The number of halogens is 1. The Labute approximate surface area is 115 Å². The molecule has 2 nitrogen and oxygen atoms in total. The van der Waals surface area contributed by atoms with E-state index < -0.39 is 5.91 Å². The van der Waals surface area contributed by atoms with Gasteiger partial charge >= 0.3 is 0 Å². The molecule has 3 rings (SSSR count). The number of primary amides is 1. The Kier molecular flexibility index (Phi) is 2.88. The second-order valence-electron chi connectivity index (χ2n) is 4.56. The van der Waals surface area contributed by atoms with Gasteiger partial charge in [0.2, 0.25) is 5.91 Å². The first-order valence-electron chi connectivity index (χ1n) is 6.00. The second-order valence-corrected chi connectivity index (χ2v) is 4.83. The van der Waals surface area contributed by atoms with E-state index in [1.54, 1.807) is 6.07 Å². The van der Waals surface area contributed by atoms with Gasteiger partial charge in [-0.3, -0.25) is 4.79 Å². The van der Waals surface area contributed by atoms with Gasteiger partial charge in [0.15, 0.2) is 0 Å². The first-order valence-corrected chi connectivity index (χ1v) is 6.53. The summed E-state index contributed by atoms with van der Waals surface area (Å²) >= 11 is 5.85. The van der Waals surface area contributed by atoms with Crippen LogP contribution in [-0.4, -0.2) is 5.91 Å². The predicted molar refractivity (Wildman–Crippen MR) is 79.5 cm³/mol. The van der Waals surface area contributed by atoms with E-state index >= 15 is 0 Å². The molecule has 3 aromatic carbocycles. The Hall–Kier alpha value is -2.06. The maximum Gasteiger partial charge on any atom is 0.249 e. The minimum atomic E-state index is -0.401. The quantitative estimate of drug-likeness (QED) is 0.558. The van der Waals surface area contributed by atoms with Crippen LogP contribution >= 0.6 is 11.6 Å². The van der Waals surface area contributed by atoms with Crippen molar-refractivity contribution in [3.63, 3.8) is 0 Å². The molecule has 19 heavy (non-hydrogen) atoms. The number of amides is 1. The molecule has 0 aliphatic carbocycles. The fourth-order valence-corrected chi connectivity index (χ4v) is 2.54. The van der Waals surface area contributed by atoms with Gasteiger partial charge in [-0.15, -0.1) is 11.6 Å². The Morgan fingerprint density at radius 1 is 1.00 bits per heavy atom. The van der Waals surface area contributed by atoms with Crippen LogP contribution in [0.15, 0.2) is 48.5 Å². The average molecular weight is 270 g/mol. The summed E-state index contributed by atoms with van der Waals surface area (Å²) in [6.07, 6.45) is 0. The summed E-state index contributed by atoms with van der Waals surface area (Å²) in [5, 5.41) is 4.10. The van der Waals surface area contributed by atoms with E-state index in [1.807, 2.05) is 30.3 Å². The molecule has 0 aliphatic heterocycles. The summed E-state index contributed by atoms with van der Waals surface area (Å²) in [6.45, 7) is 0. The molecular weight excluding hydrogens is 258 g/mol. The normalized spacial score (nSPS) is 11.0. The Morgan fingerprint density at radius 2 is 1.84 bits per heavy atom. The minimum absolute atomic E-state index is 0.401. The lowest BCUT2D eigenvalue weighted by Gasteiger charge is -2.07. The zero-order chi connectivity index (χ0) is 13.4. The molecule has 0 saturated heterocycles. The average Bonchev–Trinajstić information content (AvgIpc) is 2.43. The Bertz CT molecular complexity index is 795. The van der Waals surface area contributed by atoms with Crippen LogP contribution in [0.1, 0.15) is 15.9 Å². The van der Waals surface area contributed by atoms with Crippen molar-refractivity contribution in [1.29, 1.82) is 0 Å². The molecule has 0 heterocycles. The number of carbonyl (C=O) groups excluding carboxylic acids is 1. The van der Waals surface area contributed by atoms with Gasteiger partial charge in [0.1, 0.15) is 0 Å². The highest BCUT2D eigenvalue weighted by Crippen LogP contribution is 2.26. The monoisotopic (exact) mass is 269 g/mol. The molecule has 0 aromatic heterocycles. The molecule has 3 heteroatoms. The van der Waals surface area contributed by atoms with Gasteiger partial charge in [-0.1, -0.05) is 24.3 Å².